The molecule has 6 heteroatoms. The molecule has 0 bridgehead atoms. The Hall–Kier alpha value is -3.28. The number of hydrogen-bond donors (Lipinski definition) is 1. The van der Waals surface area contributed by atoms with Crippen molar-refractivity contribution in [3.63, 3.8) is 0 Å². The number of fused-ring (bicyclic) bond motifs is 1. The van der Waals surface area contributed by atoms with Crippen LogP contribution >= 0.6 is 0 Å². The van der Waals surface area contributed by atoms with Gasteiger partial charge in [-0.15, -0.1) is 0 Å². The Kier molecular flexibility index (Phi) is 4.42. The van der Waals surface area contributed by atoms with E-state index in [2.05, 4.69) is 0 Å². The fourth-order valence-electron chi connectivity index (χ4n) is 2.38. The molecule has 0 spiro atoms. The van der Waals surface area contributed by atoms with Gasteiger partial charge in [-0.1, -0.05) is 18.2 Å². The molecule has 0 aliphatic heterocycles. The Bertz CT molecular complexity index is 1010. The maximum absolute atomic E-state index is 12.2. The summed E-state index contributed by atoms with van der Waals surface area (Å²) in [6.07, 6.45) is 0. The van der Waals surface area contributed by atoms with Crippen molar-refractivity contribution < 1.29 is 23.8 Å². The largest absolute Gasteiger partial charge is 0.504 e. The van der Waals surface area contributed by atoms with Crippen molar-refractivity contribution in [3.05, 3.63) is 64.5 Å². The molecule has 2 aromatic carbocycles. The molecular weight excluding hydrogens is 336 g/mol. The second-order valence-electron chi connectivity index (χ2n) is 6.70. The number of hydrogen-bond acceptors (Lipinski definition) is 6. The molecular formula is C20H18O6. The summed E-state index contributed by atoms with van der Waals surface area (Å²) in [4.78, 5) is 24.3. The Morgan fingerprint density at radius 2 is 1.77 bits per heavy atom. The van der Waals surface area contributed by atoms with Crippen LogP contribution in [0.15, 0.2) is 57.7 Å². The van der Waals surface area contributed by atoms with Crippen molar-refractivity contribution in [1.82, 2.24) is 0 Å². The van der Waals surface area contributed by atoms with E-state index in [9.17, 15) is 14.7 Å². The first-order valence-corrected chi connectivity index (χ1v) is 8.01. The molecule has 3 aromatic rings. The lowest BCUT2D eigenvalue weighted by Crippen LogP contribution is -2.22. The van der Waals surface area contributed by atoms with Gasteiger partial charge in [0.25, 0.3) is 5.75 Å². The molecule has 0 fully saturated rings. The lowest BCUT2D eigenvalue weighted by atomic mass is 10.1. The van der Waals surface area contributed by atoms with E-state index >= 15 is 0 Å². The third kappa shape index (κ3) is 3.69. The van der Waals surface area contributed by atoms with Gasteiger partial charge in [0.2, 0.25) is 0 Å². The summed E-state index contributed by atoms with van der Waals surface area (Å²) in [7, 11) is 0. The van der Waals surface area contributed by atoms with Gasteiger partial charge in [-0.05, 0) is 45.0 Å². The second kappa shape index (κ2) is 6.55. The first kappa shape index (κ1) is 17.5. The second-order valence-corrected chi connectivity index (χ2v) is 6.70. The van der Waals surface area contributed by atoms with Crippen molar-refractivity contribution in [2.75, 3.05) is 0 Å². The van der Waals surface area contributed by atoms with Gasteiger partial charge in [0.15, 0.2) is 5.75 Å². The molecule has 0 radical (unpaired) electrons. The maximum Gasteiger partial charge on any atom is 0.383 e. The van der Waals surface area contributed by atoms with E-state index < -0.39 is 28.7 Å². The van der Waals surface area contributed by atoms with Gasteiger partial charge in [-0.2, -0.15) is 0 Å². The molecule has 1 aromatic heterocycles. The molecule has 1 heterocycles. The van der Waals surface area contributed by atoms with Gasteiger partial charge in [0.1, 0.15) is 16.9 Å². The summed E-state index contributed by atoms with van der Waals surface area (Å²) in [5.41, 5.74) is -0.998. The van der Waals surface area contributed by atoms with Crippen molar-refractivity contribution in [1.29, 1.82) is 0 Å². The first-order chi connectivity index (χ1) is 12.2. The zero-order valence-corrected chi connectivity index (χ0v) is 14.6. The average Bonchev–Trinajstić information content (AvgIpc) is 2.57. The highest BCUT2D eigenvalue weighted by molar-refractivity contribution is 5.93. The fourth-order valence-corrected chi connectivity index (χ4v) is 2.38. The number of rotatable bonds is 3. The molecule has 26 heavy (non-hydrogen) atoms. The summed E-state index contributed by atoms with van der Waals surface area (Å²) in [6, 6.07) is 12.8. The van der Waals surface area contributed by atoms with E-state index in [0.717, 1.165) is 0 Å². The van der Waals surface area contributed by atoms with Crippen LogP contribution in [-0.4, -0.2) is 16.7 Å². The van der Waals surface area contributed by atoms with Crippen LogP contribution in [0.25, 0.3) is 11.0 Å². The smallest absolute Gasteiger partial charge is 0.383 e. The number of benzene rings is 2. The molecule has 1 N–H and O–H groups in total. The first-order valence-electron chi connectivity index (χ1n) is 8.01. The van der Waals surface area contributed by atoms with E-state index in [4.69, 9.17) is 13.9 Å². The highest BCUT2D eigenvalue weighted by Gasteiger charge is 2.20. The van der Waals surface area contributed by atoms with Crippen LogP contribution in [0.5, 0.6) is 17.2 Å². The molecule has 0 saturated carbocycles. The van der Waals surface area contributed by atoms with Crippen molar-refractivity contribution in [3.8, 4) is 17.2 Å². The van der Waals surface area contributed by atoms with Crippen molar-refractivity contribution in [2.24, 2.45) is 0 Å². The van der Waals surface area contributed by atoms with E-state index in [-0.39, 0.29) is 16.5 Å². The highest BCUT2D eigenvalue weighted by atomic mass is 16.6. The summed E-state index contributed by atoms with van der Waals surface area (Å²) < 4.78 is 16.0. The monoisotopic (exact) mass is 354 g/mol. The molecule has 0 unspecified atom stereocenters. The molecule has 3 rings (SSSR count). The molecule has 0 aliphatic rings. The fraction of sp³-hybridized carbons (Fsp3) is 0.200. The molecule has 6 nitrogen and oxygen atoms in total. The summed E-state index contributed by atoms with van der Waals surface area (Å²) >= 11 is 0. The summed E-state index contributed by atoms with van der Waals surface area (Å²) in [6.45, 7) is 5.66. The minimum absolute atomic E-state index is 0.133. The van der Waals surface area contributed by atoms with E-state index in [1.165, 1.54) is 24.3 Å². The molecule has 134 valence electrons. The number of ether oxygens (including phenoxy) is 2. The van der Waals surface area contributed by atoms with Gasteiger partial charge in [0.05, 0.1) is 10.9 Å². The van der Waals surface area contributed by atoms with Gasteiger partial charge in [0, 0.05) is 6.07 Å². The van der Waals surface area contributed by atoms with Crippen molar-refractivity contribution in [2.45, 2.75) is 26.4 Å². The van der Waals surface area contributed by atoms with Gasteiger partial charge in [-0.25, -0.2) is 9.59 Å². The van der Waals surface area contributed by atoms with Crippen LogP contribution in [0.3, 0.4) is 0 Å². The summed E-state index contributed by atoms with van der Waals surface area (Å²) in [5, 5.41) is 10.6. The van der Waals surface area contributed by atoms with Crippen LogP contribution in [-0.2, 0) is 0 Å². The van der Waals surface area contributed by atoms with Crippen LogP contribution in [0.4, 0.5) is 0 Å². The third-order valence-electron chi connectivity index (χ3n) is 3.44. The van der Waals surface area contributed by atoms with E-state index in [0.29, 0.717) is 5.75 Å². The van der Waals surface area contributed by atoms with E-state index in [1.54, 1.807) is 24.3 Å². The lowest BCUT2D eigenvalue weighted by molar-refractivity contribution is 0.0723. The van der Waals surface area contributed by atoms with Crippen LogP contribution in [0.2, 0.25) is 0 Å². The Labute approximate surface area is 149 Å². The van der Waals surface area contributed by atoms with E-state index in [1.807, 2.05) is 20.8 Å². The molecule has 0 atom stereocenters. The topological polar surface area (TPSA) is 86.0 Å². The molecule has 0 amide bonds. The molecule has 0 aliphatic carbocycles. The van der Waals surface area contributed by atoms with Gasteiger partial charge < -0.3 is 19.0 Å². The van der Waals surface area contributed by atoms with Gasteiger partial charge in [-0.3, -0.25) is 0 Å². The Balaban J connectivity index is 1.99. The van der Waals surface area contributed by atoms with Gasteiger partial charge >= 0.3 is 11.6 Å². The maximum atomic E-state index is 12.2. The normalized spacial score (nSPS) is 11.3. The zero-order chi connectivity index (χ0) is 18.9. The minimum atomic E-state index is -0.952. The zero-order valence-electron chi connectivity index (χ0n) is 14.6. The Morgan fingerprint density at radius 1 is 1.08 bits per heavy atom. The predicted octanol–water partition coefficient (Wildman–Crippen LogP) is 3.90. The summed E-state index contributed by atoms with van der Waals surface area (Å²) in [5.74, 6) is -1.28. The number of carbonyl (C=O) groups excluding carboxylic acids is 1. The van der Waals surface area contributed by atoms with Crippen LogP contribution < -0.4 is 15.1 Å². The highest BCUT2D eigenvalue weighted by Crippen LogP contribution is 2.34. The minimum Gasteiger partial charge on any atom is -0.504 e. The quantitative estimate of drug-likeness (QED) is 0.567. The Morgan fingerprint density at radius 3 is 2.42 bits per heavy atom. The lowest BCUT2D eigenvalue weighted by Gasteiger charge is -2.21. The number of esters is 1. The average molecular weight is 354 g/mol. The standard InChI is InChI=1S/C20H18O6/c1-20(2,3)26-13-9-10-14-15(11-13)24-19(23)17(16(14)21)25-18(22)12-7-5-4-6-8-12/h4-11,21H,1-3H3. The predicted molar refractivity (Wildman–Crippen MR) is 95.9 cm³/mol. The molecule has 0 saturated heterocycles. The van der Waals surface area contributed by atoms with Crippen LogP contribution in [0.1, 0.15) is 31.1 Å². The number of carbonyl (C=O) groups is 1. The van der Waals surface area contributed by atoms with Crippen molar-refractivity contribution >= 4 is 16.9 Å². The SMILES string of the molecule is CC(C)(C)Oc1ccc2c(O)c(OC(=O)c3ccccc3)c(=O)oc2c1. The number of aromatic hydroxyl groups is 1. The van der Waals surface area contributed by atoms with Crippen LogP contribution in [0, 0.1) is 0 Å². The third-order valence-corrected chi connectivity index (χ3v) is 3.44.